The third-order valence-corrected chi connectivity index (χ3v) is 6.59. The SMILES string of the molecule is COc1ccc(C(C#N)(CCCC(CC2COc3ccccc3O2)[N+](=O)[O-])C(C)C)cc1OC. The summed E-state index contributed by atoms with van der Waals surface area (Å²) in [5.41, 5.74) is 0.0188. The van der Waals surface area contributed by atoms with Crippen molar-refractivity contribution in [1.82, 2.24) is 0 Å². The molecule has 0 spiro atoms. The van der Waals surface area contributed by atoms with Crippen LogP contribution in [0.25, 0.3) is 0 Å². The Morgan fingerprint density at radius 1 is 1.18 bits per heavy atom. The van der Waals surface area contributed by atoms with Crippen molar-refractivity contribution in [2.24, 2.45) is 5.92 Å². The van der Waals surface area contributed by atoms with Crippen LogP contribution in [-0.2, 0) is 5.41 Å². The first kappa shape index (κ1) is 25.2. The summed E-state index contributed by atoms with van der Waals surface area (Å²) in [7, 11) is 3.12. The molecule has 0 fully saturated rings. The van der Waals surface area contributed by atoms with Crippen molar-refractivity contribution in [1.29, 1.82) is 5.26 Å². The molecule has 0 saturated carbocycles. The van der Waals surface area contributed by atoms with Crippen molar-refractivity contribution in [3.05, 3.63) is 58.1 Å². The van der Waals surface area contributed by atoms with Crippen LogP contribution < -0.4 is 18.9 Å². The summed E-state index contributed by atoms with van der Waals surface area (Å²) >= 11 is 0. The third kappa shape index (κ3) is 5.36. The topological polar surface area (TPSA) is 104 Å². The molecular weight excluding hydrogens is 436 g/mol. The monoisotopic (exact) mass is 468 g/mol. The second-order valence-electron chi connectivity index (χ2n) is 8.87. The van der Waals surface area contributed by atoms with Gasteiger partial charge in [-0.3, -0.25) is 10.1 Å². The number of methoxy groups -OCH3 is 2. The summed E-state index contributed by atoms with van der Waals surface area (Å²) in [4.78, 5) is 11.6. The lowest BCUT2D eigenvalue weighted by atomic mass is 9.69. The van der Waals surface area contributed by atoms with E-state index in [1.54, 1.807) is 26.4 Å². The van der Waals surface area contributed by atoms with E-state index in [9.17, 15) is 15.4 Å². The first-order valence-corrected chi connectivity index (χ1v) is 11.5. The van der Waals surface area contributed by atoms with E-state index in [4.69, 9.17) is 18.9 Å². The summed E-state index contributed by atoms with van der Waals surface area (Å²) in [5.74, 6) is 2.40. The summed E-state index contributed by atoms with van der Waals surface area (Å²) < 4.78 is 22.4. The summed E-state index contributed by atoms with van der Waals surface area (Å²) in [6.45, 7) is 4.27. The Morgan fingerprint density at radius 2 is 1.88 bits per heavy atom. The van der Waals surface area contributed by atoms with Crippen LogP contribution in [-0.4, -0.2) is 37.9 Å². The molecule has 8 nitrogen and oxygen atoms in total. The van der Waals surface area contributed by atoms with Gasteiger partial charge in [-0.15, -0.1) is 0 Å². The fraction of sp³-hybridized carbons (Fsp3) is 0.500. The van der Waals surface area contributed by atoms with Crippen molar-refractivity contribution in [2.45, 2.75) is 57.1 Å². The molecule has 3 atom stereocenters. The number of fused-ring (bicyclic) bond motifs is 1. The van der Waals surface area contributed by atoms with E-state index in [-0.39, 0.29) is 30.0 Å². The van der Waals surface area contributed by atoms with E-state index in [1.165, 1.54) is 0 Å². The first-order valence-electron chi connectivity index (χ1n) is 11.5. The molecule has 0 amide bonds. The van der Waals surface area contributed by atoms with Crippen molar-refractivity contribution >= 4 is 0 Å². The number of hydrogen-bond donors (Lipinski definition) is 0. The molecule has 0 aliphatic carbocycles. The number of hydrogen-bond acceptors (Lipinski definition) is 7. The van der Waals surface area contributed by atoms with E-state index in [0.29, 0.717) is 42.3 Å². The van der Waals surface area contributed by atoms with Gasteiger partial charge >= 0.3 is 0 Å². The highest BCUT2D eigenvalue weighted by Gasteiger charge is 2.38. The van der Waals surface area contributed by atoms with Gasteiger partial charge in [0.2, 0.25) is 6.04 Å². The van der Waals surface area contributed by atoms with Gasteiger partial charge in [0.15, 0.2) is 23.0 Å². The molecule has 8 heteroatoms. The smallest absolute Gasteiger partial charge is 0.216 e. The predicted octanol–water partition coefficient (Wildman–Crippen LogP) is 5.17. The maximum absolute atomic E-state index is 11.8. The van der Waals surface area contributed by atoms with Gasteiger partial charge in [-0.2, -0.15) is 5.26 Å². The lowest BCUT2D eigenvalue weighted by Gasteiger charge is -2.32. The van der Waals surface area contributed by atoms with E-state index < -0.39 is 11.5 Å². The number of nitro groups is 1. The molecule has 0 aromatic heterocycles. The quantitative estimate of drug-likeness (QED) is 0.331. The molecule has 3 unspecified atom stereocenters. The molecule has 0 saturated heterocycles. The Bertz CT molecular complexity index is 1030. The van der Waals surface area contributed by atoms with Gasteiger partial charge in [-0.25, -0.2) is 0 Å². The Hall–Kier alpha value is -3.47. The number of benzene rings is 2. The zero-order chi connectivity index (χ0) is 24.7. The van der Waals surface area contributed by atoms with Crippen LogP contribution in [0.1, 0.15) is 45.1 Å². The number of ether oxygens (including phenoxy) is 4. The van der Waals surface area contributed by atoms with Crippen LogP contribution in [0.4, 0.5) is 0 Å². The average molecular weight is 469 g/mol. The van der Waals surface area contributed by atoms with Crippen molar-refractivity contribution in [3.8, 4) is 29.1 Å². The minimum absolute atomic E-state index is 0.00348. The van der Waals surface area contributed by atoms with Crippen molar-refractivity contribution in [3.63, 3.8) is 0 Å². The minimum Gasteiger partial charge on any atom is -0.493 e. The maximum atomic E-state index is 11.8. The molecule has 3 rings (SSSR count). The average Bonchev–Trinajstić information content (AvgIpc) is 2.85. The van der Waals surface area contributed by atoms with Gasteiger partial charge in [0.25, 0.3) is 0 Å². The number of nitrogens with zero attached hydrogens (tertiary/aromatic N) is 2. The molecule has 2 aromatic rings. The minimum atomic E-state index is -0.801. The standard InChI is InChI=1S/C26H32N2O6/c1-18(2)26(17-27,19-11-12-22(31-3)25(14-19)32-4)13-7-8-20(28(29)30)15-21-16-33-23-9-5-6-10-24(23)34-21/h5-6,9-12,14,18,20-21H,7-8,13,15-16H2,1-4H3. The van der Waals surface area contributed by atoms with Gasteiger partial charge in [0.05, 0.1) is 32.1 Å². The largest absolute Gasteiger partial charge is 0.493 e. The fourth-order valence-corrected chi connectivity index (χ4v) is 4.54. The molecule has 1 heterocycles. The van der Waals surface area contributed by atoms with Crippen LogP contribution in [0.2, 0.25) is 0 Å². The van der Waals surface area contributed by atoms with Gasteiger partial charge < -0.3 is 18.9 Å². The Kier molecular flexibility index (Phi) is 8.21. The molecule has 0 radical (unpaired) electrons. The fourth-order valence-electron chi connectivity index (χ4n) is 4.54. The van der Waals surface area contributed by atoms with Gasteiger partial charge in [0.1, 0.15) is 12.7 Å². The maximum Gasteiger partial charge on any atom is 0.216 e. The second kappa shape index (κ2) is 11.1. The summed E-state index contributed by atoms with van der Waals surface area (Å²) in [6.07, 6.45) is 1.22. The molecule has 182 valence electrons. The molecule has 1 aliphatic heterocycles. The molecule has 0 bridgehead atoms. The zero-order valence-corrected chi connectivity index (χ0v) is 20.2. The van der Waals surface area contributed by atoms with Crippen LogP contribution in [0.3, 0.4) is 0 Å². The molecule has 1 aliphatic rings. The van der Waals surface area contributed by atoms with E-state index >= 15 is 0 Å². The first-order chi connectivity index (χ1) is 16.3. The predicted molar refractivity (Wildman–Crippen MR) is 127 cm³/mol. The van der Waals surface area contributed by atoms with E-state index in [0.717, 1.165) is 5.56 Å². The summed E-state index contributed by atoms with van der Waals surface area (Å²) in [5, 5.41) is 22.0. The lowest BCUT2D eigenvalue weighted by molar-refractivity contribution is -0.526. The Balaban J connectivity index is 1.70. The van der Waals surface area contributed by atoms with Crippen molar-refractivity contribution < 1.29 is 23.9 Å². The Morgan fingerprint density at radius 3 is 2.50 bits per heavy atom. The molecular formula is C26H32N2O6. The van der Waals surface area contributed by atoms with Crippen LogP contribution in [0.5, 0.6) is 23.0 Å². The zero-order valence-electron chi connectivity index (χ0n) is 20.2. The molecule has 34 heavy (non-hydrogen) atoms. The molecule has 0 N–H and O–H groups in total. The normalized spacial score (nSPS) is 17.4. The highest BCUT2D eigenvalue weighted by Crippen LogP contribution is 2.41. The van der Waals surface area contributed by atoms with Gasteiger partial charge in [-0.05, 0) is 48.6 Å². The number of rotatable bonds is 11. The number of para-hydroxylation sites is 2. The highest BCUT2D eigenvalue weighted by molar-refractivity contribution is 5.47. The molecule has 2 aromatic carbocycles. The van der Waals surface area contributed by atoms with E-state index in [2.05, 4.69) is 6.07 Å². The van der Waals surface area contributed by atoms with Gasteiger partial charge in [-0.1, -0.05) is 32.0 Å². The van der Waals surface area contributed by atoms with Gasteiger partial charge in [0, 0.05) is 11.3 Å². The summed E-state index contributed by atoms with van der Waals surface area (Å²) in [6, 6.07) is 14.5. The third-order valence-electron chi connectivity index (χ3n) is 6.59. The van der Waals surface area contributed by atoms with E-state index in [1.807, 2.05) is 44.2 Å². The van der Waals surface area contributed by atoms with Crippen LogP contribution in [0.15, 0.2) is 42.5 Å². The van der Waals surface area contributed by atoms with Crippen LogP contribution >= 0.6 is 0 Å². The number of nitriles is 1. The van der Waals surface area contributed by atoms with Crippen molar-refractivity contribution in [2.75, 3.05) is 20.8 Å². The lowest BCUT2D eigenvalue weighted by Crippen LogP contribution is -2.36. The highest BCUT2D eigenvalue weighted by atomic mass is 16.6. The van der Waals surface area contributed by atoms with Crippen LogP contribution in [0, 0.1) is 27.4 Å². The second-order valence-corrected chi connectivity index (χ2v) is 8.87. The Labute approximate surface area is 200 Å².